The molecule has 2 aromatic rings. The monoisotopic (exact) mass is 365 g/mol. The summed E-state index contributed by atoms with van der Waals surface area (Å²) in [5.41, 5.74) is 2.33. The maximum atomic E-state index is 12.8. The van der Waals surface area contributed by atoms with E-state index >= 15 is 0 Å². The van der Waals surface area contributed by atoms with Gasteiger partial charge in [-0.15, -0.1) is 0 Å². The maximum absolute atomic E-state index is 12.8. The average molecular weight is 366 g/mol. The lowest BCUT2D eigenvalue weighted by Crippen LogP contribution is -2.27. The molecule has 1 N–H and O–H groups in total. The highest BCUT2D eigenvalue weighted by Gasteiger charge is 2.29. The Morgan fingerprint density at radius 2 is 2.12 bits per heavy atom. The lowest BCUT2D eigenvalue weighted by atomic mass is 10.1. The molecule has 0 bridgehead atoms. The standard InChI is InChI=1S/C17H20ClN3O2S/c1-17(2,3)21-15(12-8-24-9-13(12)20-21)19-16(22)11-7-10(18)5-6-14(11)23-4/h5-7H,8-9H2,1-4H3,(H,19,22). The number of rotatable bonds is 3. The number of hydrogen-bond donors (Lipinski definition) is 1. The third kappa shape index (κ3) is 3.13. The molecule has 1 aromatic carbocycles. The normalized spacial score (nSPS) is 13.7. The van der Waals surface area contributed by atoms with Gasteiger partial charge in [0.05, 0.1) is 23.9 Å². The third-order valence-electron chi connectivity index (χ3n) is 3.83. The first-order valence-electron chi connectivity index (χ1n) is 7.65. The van der Waals surface area contributed by atoms with Crippen LogP contribution >= 0.6 is 23.4 Å². The number of benzene rings is 1. The molecule has 0 radical (unpaired) electrons. The fourth-order valence-electron chi connectivity index (χ4n) is 2.66. The molecule has 0 atom stereocenters. The summed E-state index contributed by atoms with van der Waals surface area (Å²) in [4.78, 5) is 12.8. The van der Waals surface area contributed by atoms with Crippen molar-refractivity contribution in [3.8, 4) is 5.75 Å². The van der Waals surface area contributed by atoms with Crippen molar-refractivity contribution in [2.45, 2.75) is 37.8 Å². The summed E-state index contributed by atoms with van der Waals surface area (Å²) >= 11 is 7.84. The molecule has 1 aliphatic heterocycles. The molecule has 0 spiro atoms. The van der Waals surface area contributed by atoms with E-state index in [1.54, 1.807) is 30.0 Å². The van der Waals surface area contributed by atoms with Gasteiger partial charge in [-0.2, -0.15) is 16.9 Å². The Balaban J connectivity index is 2.00. The Kier molecular flexibility index (Phi) is 4.53. The van der Waals surface area contributed by atoms with Gasteiger partial charge in [-0.3, -0.25) is 4.79 Å². The van der Waals surface area contributed by atoms with Gasteiger partial charge in [-0.25, -0.2) is 4.68 Å². The van der Waals surface area contributed by atoms with Crippen molar-refractivity contribution in [1.82, 2.24) is 9.78 Å². The first-order chi connectivity index (χ1) is 11.3. The second kappa shape index (κ2) is 6.33. The minimum Gasteiger partial charge on any atom is -0.496 e. The van der Waals surface area contributed by atoms with Crippen LogP contribution in [0, 0.1) is 0 Å². The highest BCUT2D eigenvalue weighted by molar-refractivity contribution is 7.98. The lowest BCUT2D eigenvalue weighted by molar-refractivity contribution is 0.102. The minimum atomic E-state index is -0.251. The number of carbonyl (C=O) groups is 1. The number of ether oxygens (including phenoxy) is 1. The number of nitrogens with one attached hydrogen (secondary N) is 1. The second-order valence-corrected chi connectivity index (χ2v) is 8.07. The van der Waals surface area contributed by atoms with Crippen LogP contribution in [0.15, 0.2) is 18.2 Å². The molecule has 5 nitrogen and oxygen atoms in total. The number of carbonyl (C=O) groups excluding carboxylic acids is 1. The molecule has 7 heteroatoms. The van der Waals surface area contributed by atoms with E-state index in [4.69, 9.17) is 21.4 Å². The summed E-state index contributed by atoms with van der Waals surface area (Å²) in [6.07, 6.45) is 0. The van der Waals surface area contributed by atoms with Gasteiger partial charge in [0.2, 0.25) is 0 Å². The van der Waals surface area contributed by atoms with Crippen LogP contribution in [0.5, 0.6) is 5.75 Å². The molecular formula is C17H20ClN3O2S. The van der Waals surface area contributed by atoms with Crippen molar-refractivity contribution in [1.29, 1.82) is 0 Å². The van der Waals surface area contributed by atoms with E-state index in [0.717, 1.165) is 28.6 Å². The zero-order chi connectivity index (χ0) is 17.5. The Hall–Kier alpha value is -1.66. The molecule has 2 heterocycles. The number of anilines is 1. The molecule has 128 valence electrons. The van der Waals surface area contributed by atoms with Crippen molar-refractivity contribution in [2.75, 3.05) is 12.4 Å². The zero-order valence-electron chi connectivity index (χ0n) is 14.1. The molecule has 24 heavy (non-hydrogen) atoms. The smallest absolute Gasteiger partial charge is 0.260 e. The molecule has 0 saturated carbocycles. The number of amides is 1. The topological polar surface area (TPSA) is 56.1 Å². The first-order valence-corrected chi connectivity index (χ1v) is 9.18. The summed E-state index contributed by atoms with van der Waals surface area (Å²) in [5.74, 6) is 2.73. The molecule has 1 amide bonds. The van der Waals surface area contributed by atoms with Crippen LogP contribution in [-0.4, -0.2) is 22.8 Å². The summed E-state index contributed by atoms with van der Waals surface area (Å²) in [6, 6.07) is 5.01. The summed E-state index contributed by atoms with van der Waals surface area (Å²) in [7, 11) is 1.54. The van der Waals surface area contributed by atoms with E-state index in [2.05, 4.69) is 26.1 Å². The number of thioether (sulfide) groups is 1. The third-order valence-corrected chi connectivity index (χ3v) is 5.03. The SMILES string of the molecule is COc1ccc(Cl)cc1C(=O)Nc1c2c(nn1C(C)(C)C)CSC2. The fraction of sp³-hybridized carbons (Fsp3) is 0.412. The van der Waals surface area contributed by atoms with Crippen molar-refractivity contribution >= 4 is 35.1 Å². The Labute approximate surface area is 150 Å². The molecule has 0 aliphatic carbocycles. The largest absolute Gasteiger partial charge is 0.496 e. The van der Waals surface area contributed by atoms with Crippen LogP contribution in [0.1, 0.15) is 42.4 Å². The van der Waals surface area contributed by atoms with Crippen LogP contribution in [-0.2, 0) is 17.0 Å². The van der Waals surface area contributed by atoms with E-state index in [0.29, 0.717) is 16.3 Å². The predicted octanol–water partition coefficient (Wildman–Crippen LogP) is 4.30. The quantitative estimate of drug-likeness (QED) is 0.881. The maximum Gasteiger partial charge on any atom is 0.260 e. The Morgan fingerprint density at radius 3 is 2.79 bits per heavy atom. The summed E-state index contributed by atoms with van der Waals surface area (Å²) in [6.45, 7) is 6.20. The van der Waals surface area contributed by atoms with Crippen molar-refractivity contribution in [3.63, 3.8) is 0 Å². The van der Waals surface area contributed by atoms with Crippen LogP contribution in [0.3, 0.4) is 0 Å². The van der Waals surface area contributed by atoms with E-state index in [-0.39, 0.29) is 11.4 Å². The number of aromatic nitrogens is 2. The molecule has 0 saturated heterocycles. The highest BCUT2D eigenvalue weighted by atomic mass is 35.5. The van der Waals surface area contributed by atoms with Crippen molar-refractivity contribution < 1.29 is 9.53 Å². The van der Waals surface area contributed by atoms with Crippen molar-refractivity contribution in [2.24, 2.45) is 0 Å². The van der Waals surface area contributed by atoms with Gasteiger partial charge in [0.15, 0.2) is 0 Å². The van der Waals surface area contributed by atoms with Crippen LogP contribution in [0.25, 0.3) is 0 Å². The lowest BCUT2D eigenvalue weighted by Gasteiger charge is -2.23. The van der Waals surface area contributed by atoms with Gasteiger partial charge >= 0.3 is 0 Å². The molecule has 1 aromatic heterocycles. The number of nitrogens with zero attached hydrogens (tertiary/aromatic N) is 2. The predicted molar refractivity (Wildman–Crippen MR) is 98.2 cm³/mol. The Morgan fingerprint density at radius 1 is 1.38 bits per heavy atom. The van der Waals surface area contributed by atoms with Crippen molar-refractivity contribution in [3.05, 3.63) is 40.0 Å². The van der Waals surface area contributed by atoms with Gasteiger partial charge in [-0.1, -0.05) is 11.6 Å². The zero-order valence-corrected chi connectivity index (χ0v) is 15.7. The summed E-state index contributed by atoms with van der Waals surface area (Å²) in [5, 5.41) is 8.21. The second-order valence-electron chi connectivity index (χ2n) is 6.65. The fourth-order valence-corrected chi connectivity index (χ4v) is 3.87. The van der Waals surface area contributed by atoms with Gasteiger partial charge in [0.1, 0.15) is 11.6 Å². The van der Waals surface area contributed by atoms with E-state index in [1.165, 1.54) is 7.11 Å². The van der Waals surface area contributed by atoms with Crippen LogP contribution < -0.4 is 10.1 Å². The molecule has 3 rings (SSSR count). The van der Waals surface area contributed by atoms with E-state index in [1.807, 2.05) is 4.68 Å². The average Bonchev–Trinajstić information content (AvgIpc) is 3.09. The van der Waals surface area contributed by atoms with Gasteiger partial charge in [-0.05, 0) is 39.0 Å². The highest BCUT2D eigenvalue weighted by Crippen LogP contribution is 2.37. The Bertz CT molecular complexity index is 796. The van der Waals surface area contributed by atoms with Gasteiger partial charge in [0.25, 0.3) is 5.91 Å². The van der Waals surface area contributed by atoms with Crippen LogP contribution in [0.4, 0.5) is 5.82 Å². The number of fused-ring (bicyclic) bond motifs is 1. The summed E-state index contributed by atoms with van der Waals surface area (Å²) < 4.78 is 7.18. The molecular weight excluding hydrogens is 346 g/mol. The molecule has 1 aliphatic rings. The minimum absolute atomic E-state index is 0.226. The number of halogens is 1. The van der Waals surface area contributed by atoms with E-state index < -0.39 is 0 Å². The number of hydrogen-bond acceptors (Lipinski definition) is 4. The van der Waals surface area contributed by atoms with Crippen LogP contribution in [0.2, 0.25) is 5.02 Å². The molecule has 0 fully saturated rings. The van der Waals surface area contributed by atoms with Gasteiger partial charge in [0, 0.05) is 22.1 Å². The first kappa shape index (κ1) is 17.2. The number of methoxy groups -OCH3 is 1. The van der Waals surface area contributed by atoms with E-state index in [9.17, 15) is 4.79 Å². The van der Waals surface area contributed by atoms with Gasteiger partial charge < -0.3 is 10.1 Å². The molecule has 0 unspecified atom stereocenters.